The first-order chi connectivity index (χ1) is 27.5. The van der Waals surface area contributed by atoms with E-state index in [1.165, 1.54) is 55.3 Å². The van der Waals surface area contributed by atoms with Crippen LogP contribution in [0.15, 0.2) is 157 Å². The van der Waals surface area contributed by atoms with Crippen molar-refractivity contribution in [3.05, 3.63) is 196 Å². The van der Waals surface area contributed by atoms with Gasteiger partial charge in [0.2, 0.25) is 0 Å². The standard InChI is InChI=1S/C43H43.C12H11Si.Zr/c1-8-13-29-23-37-34(33-17-11-15-27-14-9-10-16-32(27)33)18-12-19-35(37)41(29)40-26-31(43(5,6)7)25-39-36-24-30(42(2,3)4)21-20-28(36)22-38(39)40;1-3-7-11(8-4-1)13-12-9-5-2-6-10-12;/h9-12,14-26,41H,8,13H2,1-7H3;1-10,13H;. The van der Waals surface area contributed by atoms with E-state index < -0.39 is 28.3 Å². The van der Waals surface area contributed by atoms with E-state index in [2.05, 4.69) is 206 Å². The molecule has 2 atom stereocenters. The van der Waals surface area contributed by atoms with E-state index in [4.69, 9.17) is 0 Å². The van der Waals surface area contributed by atoms with Crippen molar-refractivity contribution in [1.82, 2.24) is 0 Å². The summed E-state index contributed by atoms with van der Waals surface area (Å²) in [6, 6.07) is 59.1. The topological polar surface area (TPSA) is 0 Å². The summed E-state index contributed by atoms with van der Waals surface area (Å²) in [7, 11) is 0. The van der Waals surface area contributed by atoms with Crippen LogP contribution in [-0.4, -0.2) is 5.92 Å². The molecule has 2 unspecified atom stereocenters. The molecule has 2 aliphatic carbocycles. The molecule has 0 N–H and O–H groups in total. The fourth-order valence-electron chi connectivity index (χ4n) is 9.60. The molecule has 7 aromatic rings. The SMILES string of the molecule is CCCC1=Cc2c(-c3cccc4ccccc34)cccc2C1c1cc(C(C)(C)C)cc2c1[CH]([Zr][SiH](c1ccccc1)c1ccccc1)c1ccc(C(C)(C)C)cc1-2. The molecule has 0 saturated carbocycles. The van der Waals surface area contributed by atoms with Crippen LogP contribution in [0.25, 0.3) is 39.1 Å². The van der Waals surface area contributed by atoms with Crippen molar-refractivity contribution in [2.45, 2.75) is 81.7 Å². The van der Waals surface area contributed by atoms with Gasteiger partial charge in [-0.3, -0.25) is 0 Å². The summed E-state index contributed by atoms with van der Waals surface area (Å²) in [5.41, 5.74) is 17.9. The van der Waals surface area contributed by atoms with Crippen molar-refractivity contribution >= 4 is 33.1 Å². The Kier molecular flexibility index (Phi) is 10.1. The molecule has 0 aromatic heterocycles. The van der Waals surface area contributed by atoms with E-state index in [1.54, 1.807) is 32.6 Å². The van der Waals surface area contributed by atoms with Crippen molar-refractivity contribution in [3.8, 4) is 22.3 Å². The van der Waals surface area contributed by atoms with Crippen LogP contribution in [-0.2, 0) is 33.2 Å². The van der Waals surface area contributed by atoms with Crippen LogP contribution in [0.5, 0.6) is 0 Å². The quantitative estimate of drug-likeness (QED) is 0.134. The van der Waals surface area contributed by atoms with Crippen LogP contribution in [0.4, 0.5) is 0 Å². The molecule has 7 aromatic carbocycles. The Bertz CT molecular complexity index is 2590. The maximum absolute atomic E-state index is 2.68. The molecule has 282 valence electrons. The number of hydrogen-bond acceptors (Lipinski definition) is 0. The normalized spacial score (nSPS) is 16.0. The Morgan fingerprint density at radius 3 is 1.82 bits per heavy atom. The molecule has 0 heterocycles. The molecule has 9 rings (SSSR count). The number of hydrogen-bond donors (Lipinski definition) is 0. The second-order valence-corrected chi connectivity index (χ2v) is 29.1. The average Bonchev–Trinajstić information content (AvgIpc) is 3.74. The van der Waals surface area contributed by atoms with E-state index in [-0.39, 0.29) is 16.7 Å². The minimum atomic E-state index is -1.48. The van der Waals surface area contributed by atoms with Gasteiger partial charge < -0.3 is 0 Å². The Morgan fingerprint density at radius 2 is 1.14 bits per heavy atom. The number of fused-ring (bicyclic) bond motifs is 5. The van der Waals surface area contributed by atoms with E-state index in [1.807, 2.05) is 0 Å². The number of rotatable bonds is 8. The van der Waals surface area contributed by atoms with Gasteiger partial charge in [0.05, 0.1) is 0 Å². The monoisotopic (exact) mass is 832 g/mol. The summed E-state index contributed by atoms with van der Waals surface area (Å²) < 4.78 is 0.474. The minimum absolute atomic E-state index is 0.00981. The van der Waals surface area contributed by atoms with Crippen LogP contribution in [0.1, 0.15) is 110 Å². The molecular weight excluding hydrogens is 780 g/mol. The van der Waals surface area contributed by atoms with Crippen molar-refractivity contribution < 1.29 is 22.4 Å². The molecule has 0 radical (unpaired) electrons. The molecule has 0 saturated heterocycles. The van der Waals surface area contributed by atoms with Crippen molar-refractivity contribution in [2.75, 3.05) is 0 Å². The number of benzene rings is 7. The number of allylic oxidation sites excluding steroid dienone is 1. The van der Waals surface area contributed by atoms with Gasteiger partial charge in [0.1, 0.15) is 0 Å². The zero-order valence-corrected chi connectivity index (χ0v) is 38.3. The summed E-state index contributed by atoms with van der Waals surface area (Å²) >= 11 is -1.13. The first-order valence-corrected chi connectivity index (χ1v) is 28.4. The van der Waals surface area contributed by atoms with Gasteiger partial charge in [-0.05, 0) is 0 Å². The molecule has 0 spiro atoms. The summed E-state index contributed by atoms with van der Waals surface area (Å²) in [6.07, 6.45) is 4.84. The summed E-state index contributed by atoms with van der Waals surface area (Å²) in [4.78, 5) is 0. The first-order valence-electron chi connectivity index (χ1n) is 21.0. The Morgan fingerprint density at radius 1 is 0.526 bits per heavy atom. The predicted molar refractivity (Wildman–Crippen MR) is 245 cm³/mol. The van der Waals surface area contributed by atoms with Crippen molar-refractivity contribution in [3.63, 3.8) is 0 Å². The molecule has 57 heavy (non-hydrogen) atoms. The van der Waals surface area contributed by atoms with Crippen molar-refractivity contribution in [1.29, 1.82) is 0 Å². The first kappa shape index (κ1) is 38.2. The second kappa shape index (κ2) is 15.1. The van der Waals surface area contributed by atoms with E-state index in [9.17, 15) is 0 Å². The van der Waals surface area contributed by atoms with Gasteiger partial charge >= 0.3 is 356 Å². The maximum atomic E-state index is 2.68. The van der Waals surface area contributed by atoms with Crippen LogP contribution in [0.3, 0.4) is 0 Å². The van der Waals surface area contributed by atoms with Gasteiger partial charge in [-0.25, -0.2) is 0 Å². The molecule has 0 fully saturated rings. The molecule has 2 aliphatic rings. The Balaban J connectivity index is 1.31. The third kappa shape index (κ3) is 7.02. The summed E-state index contributed by atoms with van der Waals surface area (Å²) in [5, 5.41) is 5.82. The van der Waals surface area contributed by atoms with Crippen LogP contribution in [0.2, 0.25) is 0 Å². The van der Waals surface area contributed by atoms with Crippen LogP contribution < -0.4 is 10.4 Å². The molecule has 0 aliphatic heterocycles. The fourth-order valence-corrected chi connectivity index (χ4v) is 24.4. The second-order valence-electron chi connectivity index (χ2n) is 18.4. The zero-order chi connectivity index (χ0) is 39.5. The van der Waals surface area contributed by atoms with Gasteiger partial charge in [-0.2, -0.15) is 0 Å². The predicted octanol–water partition coefficient (Wildman–Crippen LogP) is 13.1. The van der Waals surface area contributed by atoms with E-state index >= 15 is 0 Å². The van der Waals surface area contributed by atoms with Crippen LogP contribution in [0, 0.1) is 0 Å². The van der Waals surface area contributed by atoms with E-state index in [0.29, 0.717) is 3.63 Å². The van der Waals surface area contributed by atoms with Crippen LogP contribution >= 0.6 is 0 Å². The van der Waals surface area contributed by atoms with Gasteiger partial charge in [-0.1, -0.05) is 0 Å². The Hall–Kier alpha value is -4.36. The third-order valence-corrected chi connectivity index (χ3v) is 26.6. The molecular formula is C55H54SiZr. The van der Waals surface area contributed by atoms with E-state index in [0.717, 1.165) is 12.8 Å². The van der Waals surface area contributed by atoms with Gasteiger partial charge in [-0.15, -0.1) is 0 Å². The molecule has 0 amide bonds. The van der Waals surface area contributed by atoms with Crippen molar-refractivity contribution in [2.24, 2.45) is 0 Å². The third-order valence-electron chi connectivity index (χ3n) is 12.6. The summed E-state index contributed by atoms with van der Waals surface area (Å²) in [5.74, 6) is -1.25. The van der Waals surface area contributed by atoms with Gasteiger partial charge in [0.15, 0.2) is 0 Å². The van der Waals surface area contributed by atoms with Gasteiger partial charge in [0.25, 0.3) is 0 Å². The van der Waals surface area contributed by atoms with Gasteiger partial charge in [0, 0.05) is 0 Å². The Labute approximate surface area is 353 Å². The molecule has 0 nitrogen and oxygen atoms in total. The molecule has 2 heteroatoms. The fraction of sp³-hybridized carbons (Fsp3) is 0.236. The molecule has 0 bridgehead atoms. The summed E-state index contributed by atoms with van der Waals surface area (Å²) in [6.45, 7) is 16.7. The zero-order valence-electron chi connectivity index (χ0n) is 34.7. The average molecular weight is 834 g/mol.